The Morgan fingerprint density at radius 2 is 1.89 bits per heavy atom. The van der Waals surface area contributed by atoms with Crippen LogP contribution in [0.3, 0.4) is 0 Å². The number of alkyl halides is 3. The molecule has 1 aromatic heterocycles. The Kier molecular flexibility index (Phi) is 3.80. The summed E-state index contributed by atoms with van der Waals surface area (Å²) in [5.41, 5.74) is 1.50. The number of hydrogen-bond acceptors (Lipinski definition) is 1. The Labute approximate surface area is 114 Å². The fraction of sp³-hybridized carbons (Fsp3) is 0.214. The summed E-state index contributed by atoms with van der Waals surface area (Å²) >= 11 is 5.73. The maximum Gasteiger partial charge on any atom is 0.416 e. The zero-order chi connectivity index (χ0) is 14.0. The van der Waals surface area contributed by atoms with Crippen molar-refractivity contribution in [2.24, 2.45) is 0 Å². The Hall–Kier alpha value is -1.55. The van der Waals surface area contributed by atoms with Gasteiger partial charge in [0.05, 0.1) is 5.56 Å². The number of benzene rings is 1. The highest BCUT2D eigenvalue weighted by Gasteiger charge is 2.31. The molecule has 0 aliphatic rings. The molecule has 0 amide bonds. The Bertz CT molecular complexity index is 593. The maximum atomic E-state index is 12.7. The highest BCUT2D eigenvalue weighted by atomic mass is 35.5. The summed E-state index contributed by atoms with van der Waals surface area (Å²) in [4.78, 5) is 4.13. The molecule has 2 aromatic rings. The first-order valence-electron chi connectivity index (χ1n) is 5.63. The molecule has 0 fully saturated rings. The van der Waals surface area contributed by atoms with Gasteiger partial charge in [0.25, 0.3) is 0 Å². The molecule has 0 aliphatic carbocycles. The third kappa shape index (κ3) is 3.70. The highest BCUT2D eigenvalue weighted by Crippen LogP contribution is 2.32. The van der Waals surface area contributed by atoms with E-state index in [1.54, 1.807) is 6.20 Å². The van der Waals surface area contributed by atoms with Crippen LogP contribution < -0.4 is 0 Å². The fourth-order valence-electron chi connectivity index (χ4n) is 1.82. The first-order chi connectivity index (χ1) is 8.84. The van der Waals surface area contributed by atoms with Crippen LogP contribution in [0.2, 0.25) is 5.02 Å². The smallest absolute Gasteiger partial charge is 0.261 e. The predicted octanol–water partition coefficient (Wildman–Crippen LogP) is 4.65. The summed E-state index contributed by atoms with van der Waals surface area (Å²) in [6.07, 6.45) is -2.43. The minimum atomic E-state index is -4.39. The van der Waals surface area contributed by atoms with Crippen LogP contribution in [-0.2, 0) is 12.6 Å². The summed E-state index contributed by atoms with van der Waals surface area (Å²) in [6, 6.07) is 7.24. The number of hydrogen-bond donors (Lipinski definition) is 0. The van der Waals surface area contributed by atoms with Gasteiger partial charge in [0.15, 0.2) is 0 Å². The van der Waals surface area contributed by atoms with Gasteiger partial charge >= 0.3 is 6.18 Å². The van der Waals surface area contributed by atoms with Crippen LogP contribution in [-0.4, -0.2) is 4.98 Å². The highest BCUT2D eigenvalue weighted by molar-refractivity contribution is 6.30. The molecule has 0 saturated carbocycles. The molecular weight excluding hydrogens is 275 g/mol. The van der Waals surface area contributed by atoms with E-state index in [1.165, 1.54) is 6.07 Å². The van der Waals surface area contributed by atoms with E-state index in [9.17, 15) is 13.2 Å². The molecule has 0 bridgehead atoms. The van der Waals surface area contributed by atoms with E-state index in [0.29, 0.717) is 12.0 Å². The Morgan fingerprint density at radius 1 is 1.16 bits per heavy atom. The number of nitrogens with zero attached hydrogens (tertiary/aromatic N) is 1. The van der Waals surface area contributed by atoms with Crippen LogP contribution >= 0.6 is 11.6 Å². The van der Waals surface area contributed by atoms with Gasteiger partial charge in [0.1, 0.15) is 0 Å². The quantitative estimate of drug-likeness (QED) is 0.782. The first kappa shape index (κ1) is 13.9. The van der Waals surface area contributed by atoms with E-state index in [0.717, 1.165) is 23.4 Å². The molecule has 100 valence electrons. The molecule has 0 spiro atoms. The standard InChI is InChI=1S/C14H11ClF3N/c1-9-2-3-19-13(4-9)7-10-5-11(14(16,17)18)8-12(15)6-10/h2-6,8H,7H2,1H3. The zero-order valence-electron chi connectivity index (χ0n) is 10.1. The lowest BCUT2D eigenvalue weighted by atomic mass is 10.0. The van der Waals surface area contributed by atoms with Gasteiger partial charge < -0.3 is 0 Å². The van der Waals surface area contributed by atoms with Crippen molar-refractivity contribution in [3.8, 4) is 0 Å². The van der Waals surface area contributed by atoms with Crippen molar-refractivity contribution < 1.29 is 13.2 Å². The number of aromatic nitrogens is 1. The van der Waals surface area contributed by atoms with E-state index in [4.69, 9.17) is 11.6 Å². The van der Waals surface area contributed by atoms with Gasteiger partial charge in [-0.3, -0.25) is 4.98 Å². The van der Waals surface area contributed by atoms with Crippen molar-refractivity contribution in [2.75, 3.05) is 0 Å². The van der Waals surface area contributed by atoms with Crippen LogP contribution in [0, 0.1) is 6.92 Å². The molecule has 5 heteroatoms. The summed E-state index contributed by atoms with van der Waals surface area (Å²) < 4.78 is 38.0. The van der Waals surface area contributed by atoms with Crippen LogP contribution in [0.5, 0.6) is 0 Å². The second-order valence-electron chi connectivity index (χ2n) is 4.35. The van der Waals surface area contributed by atoms with Gasteiger partial charge in [-0.15, -0.1) is 0 Å². The molecule has 0 aliphatic heterocycles. The second-order valence-corrected chi connectivity index (χ2v) is 4.78. The second kappa shape index (κ2) is 5.21. The molecule has 0 saturated heterocycles. The first-order valence-corrected chi connectivity index (χ1v) is 6.00. The molecule has 0 atom stereocenters. The van der Waals surface area contributed by atoms with Crippen molar-refractivity contribution in [3.63, 3.8) is 0 Å². The molecule has 0 radical (unpaired) electrons. The number of halogens is 4. The van der Waals surface area contributed by atoms with Crippen molar-refractivity contribution in [1.82, 2.24) is 4.98 Å². The maximum absolute atomic E-state index is 12.7. The minimum Gasteiger partial charge on any atom is -0.261 e. The van der Waals surface area contributed by atoms with Gasteiger partial charge in [0, 0.05) is 23.3 Å². The van der Waals surface area contributed by atoms with Gasteiger partial charge in [-0.05, 0) is 48.4 Å². The molecule has 2 rings (SSSR count). The van der Waals surface area contributed by atoms with E-state index in [1.807, 2.05) is 19.1 Å². The molecule has 19 heavy (non-hydrogen) atoms. The van der Waals surface area contributed by atoms with Crippen LogP contribution in [0.1, 0.15) is 22.4 Å². The van der Waals surface area contributed by atoms with Crippen LogP contribution in [0.15, 0.2) is 36.5 Å². The van der Waals surface area contributed by atoms with E-state index in [2.05, 4.69) is 4.98 Å². The van der Waals surface area contributed by atoms with Crippen molar-refractivity contribution in [1.29, 1.82) is 0 Å². The summed E-state index contributed by atoms with van der Waals surface area (Å²) in [5, 5.41) is 0.0810. The summed E-state index contributed by atoms with van der Waals surface area (Å²) in [5.74, 6) is 0. The average molecular weight is 286 g/mol. The average Bonchev–Trinajstić information content (AvgIpc) is 2.26. The lowest BCUT2D eigenvalue weighted by Gasteiger charge is -2.10. The molecular formula is C14H11ClF3N. The van der Waals surface area contributed by atoms with Gasteiger partial charge in [-0.1, -0.05) is 11.6 Å². The fourth-order valence-corrected chi connectivity index (χ4v) is 2.08. The third-order valence-electron chi connectivity index (χ3n) is 2.64. The van der Waals surface area contributed by atoms with Gasteiger partial charge in [-0.25, -0.2) is 0 Å². The largest absolute Gasteiger partial charge is 0.416 e. The number of rotatable bonds is 2. The van der Waals surface area contributed by atoms with Crippen molar-refractivity contribution in [2.45, 2.75) is 19.5 Å². The Balaban J connectivity index is 2.33. The van der Waals surface area contributed by atoms with E-state index < -0.39 is 11.7 Å². The molecule has 1 nitrogen and oxygen atoms in total. The van der Waals surface area contributed by atoms with Crippen molar-refractivity contribution in [3.05, 3.63) is 63.9 Å². The van der Waals surface area contributed by atoms with E-state index in [-0.39, 0.29) is 5.02 Å². The van der Waals surface area contributed by atoms with Crippen molar-refractivity contribution >= 4 is 11.6 Å². The topological polar surface area (TPSA) is 12.9 Å². The summed E-state index contributed by atoms with van der Waals surface area (Å²) in [7, 11) is 0. The number of aryl methyl sites for hydroxylation is 1. The van der Waals surface area contributed by atoms with E-state index >= 15 is 0 Å². The molecule has 1 heterocycles. The van der Waals surface area contributed by atoms with Gasteiger partial charge in [-0.2, -0.15) is 13.2 Å². The van der Waals surface area contributed by atoms with Crippen LogP contribution in [0.4, 0.5) is 13.2 Å². The minimum absolute atomic E-state index is 0.0810. The third-order valence-corrected chi connectivity index (χ3v) is 2.86. The zero-order valence-corrected chi connectivity index (χ0v) is 10.9. The lowest BCUT2D eigenvalue weighted by Crippen LogP contribution is -2.06. The predicted molar refractivity (Wildman–Crippen MR) is 68.2 cm³/mol. The number of pyridine rings is 1. The SMILES string of the molecule is Cc1ccnc(Cc2cc(Cl)cc(C(F)(F)F)c2)c1. The summed E-state index contributed by atoms with van der Waals surface area (Å²) in [6.45, 7) is 1.91. The lowest BCUT2D eigenvalue weighted by molar-refractivity contribution is -0.137. The van der Waals surface area contributed by atoms with Gasteiger partial charge in [0.2, 0.25) is 0 Å². The van der Waals surface area contributed by atoms with Crippen LogP contribution in [0.25, 0.3) is 0 Å². The monoisotopic (exact) mass is 285 g/mol. The normalized spacial score (nSPS) is 11.6. The molecule has 0 unspecified atom stereocenters. The molecule has 1 aromatic carbocycles. The Morgan fingerprint density at radius 3 is 2.53 bits per heavy atom. The molecule has 0 N–H and O–H groups in total.